The number of H-pyrrole nitrogens is 2. The molecule has 7 N–H and O–H groups in total. The van der Waals surface area contributed by atoms with Crippen molar-refractivity contribution >= 4 is 39.6 Å². The van der Waals surface area contributed by atoms with Gasteiger partial charge in [0, 0.05) is 47.0 Å². The second-order valence-corrected chi connectivity index (χ2v) is 9.88. The number of nitrogens with one attached hydrogen (secondary N) is 4. The van der Waals surface area contributed by atoms with Crippen molar-refractivity contribution in [1.29, 1.82) is 0 Å². The fraction of sp³-hybridized carbons (Fsp3) is 0.194. The van der Waals surface area contributed by atoms with Crippen molar-refractivity contribution in [1.82, 2.24) is 20.6 Å². The third-order valence-electron chi connectivity index (χ3n) is 7.08. The minimum Gasteiger partial charge on any atom is -0.480 e. The summed E-state index contributed by atoms with van der Waals surface area (Å²) in [6, 6.07) is 21.5. The molecule has 0 saturated heterocycles. The molecule has 9 nitrogen and oxygen atoms in total. The first-order valence-corrected chi connectivity index (χ1v) is 13.1. The van der Waals surface area contributed by atoms with Crippen molar-refractivity contribution in [2.24, 2.45) is 5.73 Å². The largest absolute Gasteiger partial charge is 0.480 e. The Kier molecular flexibility index (Phi) is 7.93. The number of aliphatic carboxylic acids is 1. The van der Waals surface area contributed by atoms with E-state index in [4.69, 9.17) is 5.73 Å². The lowest BCUT2D eigenvalue weighted by Crippen LogP contribution is -2.55. The summed E-state index contributed by atoms with van der Waals surface area (Å²) in [7, 11) is 0. The summed E-state index contributed by atoms with van der Waals surface area (Å²) in [6.45, 7) is 0. The third kappa shape index (κ3) is 6.05. The van der Waals surface area contributed by atoms with Crippen molar-refractivity contribution in [3.05, 3.63) is 108 Å². The maximum absolute atomic E-state index is 13.6. The summed E-state index contributed by atoms with van der Waals surface area (Å²) in [5.74, 6) is -2.26. The van der Waals surface area contributed by atoms with E-state index in [9.17, 15) is 19.5 Å². The van der Waals surface area contributed by atoms with Gasteiger partial charge in [-0.25, -0.2) is 4.79 Å². The van der Waals surface area contributed by atoms with Crippen molar-refractivity contribution < 1.29 is 19.5 Å². The lowest BCUT2D eigenvalue weighted by molar-refractivity contribution is -0.142. The van der Waals surface area contributed by atoms with E-state index in [2.05, 4.69) is 20.6 Å². The number of para-hydroxylation sites is 2. The van der Waals surface area contributed by atoms with E-state index in [1.165, 1.54) is 0 Å². The van der Waals surface area contributed by atoms with Crippen LogP contribution in [0.3, 0.4) is 0 Å². The van der Waals surface area contributed by atoms with Crippen LogP contribution in [0.25, 0.3) is 21.8 Å². The molecular formula is C31H31N5O4. The van der Waals surface area contributed by atoms with Gasteiger partial charge in [0.15, 0.2) is 0 Å². The van der Waals surface area contributed by atoms with E-state index in [1.54, 1.807) is 12.4 Å². The van der Waals surface area contributed by atoms with Gasteiger partial charge in [-0.3, -0.25) is 9.59 Å². The smallest absolute Gasteiger partial charge is 0.326 e. The molecule has 0 unspecified atom stereocenters. The first-order valence-electron chi connectivity index (χ1n) is 13.1. The summed E-state index contributed by atoms with van der Waals surface area (Å²) in [5.41, 5.74) is 10.5. The number of amides is 2. The van der Waals surface area contributed by atoms with E-state index < -0.39 is 35.9 Å². The first-order chi connectivity index (χ1) is 19.4. The Hall–Kier alpha value is -4.89. The highest BCUT2D eigenvalue weighted by molar-refractivity contribution is 5.93. The van der Waals surface area contributed by atoms with Crippen LogP contribution in [0.4, 0.5) is 0 Å². The monoisotopic (exact) mass is 537 g/mol. The molecule has 2 amide bonds. The fourth-order valence-electron chi connectivity index (χ4n) is 4.96. The number of hydrogen-bond acceptors (Lipinski definition) is 4. The molecule has 0 saturated carbocycles. The Morgan fingerprint density at radius 3 is 1.75 bits per heavy atom. The molecule has 0 fully saturated rings. The highest BCUT2D eigenvalue weighted by Gasteiger charge is 2.29. The number of rotatable bonds is 11. The topological polar surface area (TPSA) is 153 Å². The number of carbonyl (C=O) groups is 3. The van der Waals surface area contributed by atoms with E-state index in [0.29, 0.717) is 6.42 Å². The molecule has 0 spiro atoms. The highest BCUT2D eigenvalue weighted by Crippen LogP contribution is 2.21. The number of aromatic nitrogens is 2. The zero-order valence-corrected chi connectivity index (χ0v) is 21.8. The van der Waals surface area contributed by atoms with E-state index in [0.717, 1.165) is 38.5 Å². The molecule has 0 bridgehead atoms. The Labute approximate surface area is 230 Å². The van der Waals surface area contributed by atoms with Crippen LogP contribution in [0.1, 0.15) is 16.7 Å². The minimum absolute atomic E-state index is 0.0758. The Balaban J connectivity index is 1.36. The molecule has 40 heavy (non-hydrogen) atoms. The zero-order valence-electron chi connectivity index (χ0n) is 21.8. The summed E-state index contributed by atoms with van der Waals surface area (Å²) in [6.07, 6.45) is 4.07. The number of fused-ring (bicyclic) bond motifs is 2. The Morgan fingerprint density at radius 1 is 0.675 bits per heavy atom. The van der Waals surface area contributed by atoms with E-state index in [-0.39, 0.29) is 12.8 Å². The predicted molar refractivity (Wildman–Crippen MR) is 154 cm³/mol. The summed E-state index contributed by atoms with van der Waals surface area (Å²) in [4.78, 5) is 45.2. The number of carboxylic acids is 1. The van der Waals surface area contributed by atoms with Gasteiger partial charge < -0.3 is 31.4 Å². The molecule has 5 rings (SSSR count). The second kappa shape index (κ2) is 11.9. The van der Waals surface area contributed by atoms with Gasteiger partial charge in [0.25, 0.3) is 0 Å². The fourth-order valence-corrected chi connectivity index (χ4v) is 4.96. The SMILES string of the molecule is N[C@@H](Cc1ccccc1)C(=O)N[C@@H](Cc1c[nH]c2ccccc12)C(=O)N[C@@H](Cc1c[nH]c2ccccc12)C(=O)O. The zero-order chi connectivity index (χ0) is 28.1. The van der Waals surface area contributed by atoms with Gasteiger partial charge in [-0.1, -0.05) is 66.7 Å². The number of carboxylic acid groups (broad SMARTS) is 1. The second-order valence-electron chi connectivity index (χ2n) is 9.88. The molecule has 0 aliphatic rings. The van der Waals surface area contributed by atoms with Crippen LogP contribution in [0, 0.1) is 0 Å². The normalized spacial score (nSPS) is 13.5. The maximum Gasteiger partial charge on any atom is 0.326 e. The van der Waals surface area contributed by atoms with E-state index >= 15 is 0 Å². The minimum atomic E-state index is -1.20. The van der Waals surface area contributed by atoms with Crippen molar-refractivity contribution in [3.8, 4) is 0 Å². The van der Waals surface area contributed by atoms with Crippen molar-refractivity contribution in [2.45, 2.75) is 37.4 Å². The quantitative estimate of drug-likeness (QED) is 0.153. The molecule has 3 aromatic carbocycles. The molecule has 9 heteroatoms. The number of nitrogens with two attached hydrogens (primary N) is 1. The number of aromatic amines is 2. The highest BCUT2D eigenvalue weighted by atomic mass is 16.4. The van der Waals surface area contributed by atoms with Crippen molar-refractivity contribution in [2.75, 3.05) is 0 Å². The van der Waals surface area contributed by atoms with Gasteiger partial charge in [-0.05, 0) is 35.2 Å². The van der Waals surface area contributed by atoms with Crippen LogP contribution in [0.2, 0.25) is 0 Å². The van der Waals surface area contributed by atoms with Crippen LogP contribution >= 0.6 is 0 Å². The number of carbonyl (C=O) groups excluding carboxylic acids is 2. The number of benzene rings is 3. The van der Waals surface area contributed by atoms with Crippen molar-refractivity contribution in [3.63, 3.8) is 0 Å². The lowest BCUT2D eigenvalue weighted by atomic mass is 10.0. The molecule has 0 radical (unpaired) electrons. The van der Waals surface area contributed by atoms with Gasteiger partial charge in [0.2, 0.25) is 11.8 Å². The summed E-state index contributed by atoms with van der Waals surface area (Å²) < 4.78 is 0. The van der Waals surface area contributed by atoms with Crippen LogP contribution in [0.15, 0.2) is 91.3 Å². The van der Waals surface area contributed by atoms with Gasteiger partial charge in [-0.15, -0.1) is 0 Å². The predicted octanol–water partition coefficient (Wildman–Crippen LogP) is 3.06. The summed E-state index contributed by atoms with van der Waals surface area (Å²) >= 11 is 0. The molecule has 3 atom stereocenters. The Morgan fingerprint density at radius 2 is 1.18 bits per heavy atom. The van der Waals surface area contributed by atoms with Crippen LogP contribution in [-0.4, -0.2) is 51.0 Å². The van der Waals surface area contributed by atoms with Gasteiger partial charge in [0.05, 0.1) is 6.04 Å². The molecule has 2 heterocycles. The lowest BCUT2D eigenvalue weighted by Gasteiger charge is -2.23. The summed E-state index contributed by atoms with van der Waals surface area (Å²) in [5, 5.41) is 17.2. The molecule has 2 aromatic heterocycles. The van der Waals surface area contributed by atoms with Crippen LogP contribution < -0.4 is 16.4 Å². The van der Waals surface area contributed by atoms with Crippen LogP contribution in [0.5, 0.6) is 0 Å². The van der Waals surface area contributed by atoms with E-state index in [1.807, 2.05) is 78.9 Å². The number of hydrogen-bond donors (Lipinski definition) is 6. The molecule has 204 valence electrons. The standard InChI is InChI=1S/C31H31N5O4/c32-24(14-19-8-2-1-3-9-19)29(37)35-27(15-20-17-33-25-12-6-4-10-22(20)25)30(38)36-28(31(39)40)16-21-18-34-26-13-7-5-11-23(21)26/h1-13,17-18,24,27-28,33-34H,14-16,32H2,(H,35,37)(H,36,38)(H,39,40)/t24-,27-,28-/m0/s1. The first kappa shape index (κ1) is 26.7. The van der Waals surface area contributed by atoms with Gasteiger partial charge >= 0.3 is 5.97 Å². The molecular weight excluding hydrogens is 506 g/mol. The average Bonchev–Trinajstić information content (AvgIpc) is 3.57. The third-order valence-corrected chi connectivity index (χ3v) is 7.08. The Bertz CT molecular complexity index is 1640. The van der Waals surface area contributed by atoms with Gasteiger partial charge in [0.1, 0.15) is 12.1 Å². The molecule has 5 aromatic rings. The van der Waals surface area contributed by atoms with Crippen LogP contribution in [-0.2, 0) is 33.6 Å². The maximum atomic E-state index is 13.6. The van der Waals surface area contributed by atoms with Gasteiger partial charge in [-0.2, -0.15) is 0 Å². The molecule has 0 aliphatic heterocycles. The molecule has 0 aliphatic carbocycles. The average molecular weight is 538 g/mol.